The minimum absolute atomic E-state index is 0.184. The molecule has 0 unspecified atom stereocenters. The number of aromatic carboxylic acids is 1. The van der Waals surface area contributed by atoms with Crippen molar-refractivity contribution in [2.75, 3.05) is 7.11 Å². The van der Waals surface area contributed by atoms with Crippen molar-refractivity contribution in [2.45, 2.75) is 6.92 Å². The van der Waals surface area contributed by atoms with Crippen LogP contribution in [-0.2, 0) is 0 Å². The molecule has 0 aromatic heterocycles. The molecule has 2 rings (SSSR count). The van der Waals surface area contributed by atoms with Gasteiger partial charge in [0.2, 0.25) is 0 Å². The average molecular weight is 267 g/mol. The van der Waals surface area contributed by atoms with Gasteiger partial charge in [0.15, 0.2) is 0 Å². The Kier molecular flexibility index (Phi) is 3.72. The number of aryl methyl sites for hydroxylation is 1. The summed E-state index contributed by atoms with van der Waals surface area (Å²) in [5, 5.41) is 18.3. The van der Waals surface area contributed by atoms with Crippen LogP contribution < -0.4 is 4.74 Å². The quantitative estimate of drug-likeness (QED) is 0.926. The van der Waals surface area contributed by atoms with Crippen molar-refractivity contribution >= 4 is 5.97 Å². The number of hydrogen-bond acceptors (Lipinski definition) is 3. The third-order valence-electron chi connectivity index (χ3n) is 3.02. The number of carboxylic acid groups (broad SMARTS) is 1. The van der Waals surface area contributed by atoms with Gasteiger partial charge >= 0.3 is 5.97 Å². The standard InChI is InChI=1S/C16H13NO3/c1-10-3-5-12(16(18)19)13(7-10)14-8-11(9-17)4-6-15(14)20-2/h3-8H,1-2H3,(H,18,19). The van der Waals surface area contributed by atoms with E-state index in [0.29, 0.717) is 22.4 Å². The monoisotopic (exact) mass is 267 g/mol. The number of hydrogen-bond donors (Lipinski definition) is 1. The van der Waals surface area contributed by atoms with Crippen molar-refractivity contribution in [1.82, 2.24) is 0 Å². The minimum Gasteiger partial charge on any atom is -0.496 e. The normalized spacial score (nSPS) is 9.85. The second-order valence-electron chi connectivity index (χ2n) is 4.38. The molecule has 0 heterocycles. The molecule has 4 heteroatoms. The molecule has 2 aromatic rings. The van der Waals surface area contributed by atoms with Crippen molar-refractivity contribution in [3.63, 3.8) is 0 Å². The topological polar surface area (TPSA) is 70.3 Å². The van der Waals surface area contributed by atoms with Crippen LogP contribution >= 0.6 is 0 Å². The number of ether oxygens (including phenoxy) is 1. The van der Waals surface area contributed by atoms with E-state index in [1.807, 2.05) is 13.0 Å². The van der Waals surface area contributed by atoms with Crippen LogP contribution in [-0.4, -0.2) is 18.2 Å². The van der Waals surface area contributed by atoms with Gasteiger partial charge in [0.25, 0.3) is 0 Å². The van der Waals surface area contributed by atoms with Crippen LogP contribution in [0.5, 0.6) is 5.75 Å². The van der Waals surface area contributed by atoms with Gasteiger partial charge in [-0.2, -0.15) is 5.26 Å². The van der Waals surface area contributed by atoms with Crippen molar-refractivity contribution in [2.24, 2.45) is 0 Å². The molecule has 1 N–H and O–H groups in total. The number of nitrogens with zero attached hydrogens (tertiary/aromatic N) is 1. The van der Waals surface area contributed by atoms with Crippen LogP contribution in [0.3, 0.4) is 0 Å². The van der Waals surface area contributed by atoms with Crippen molar-refractivity contribution in [1.29, 1.82) is 5.26 Å². The van der Waals surface area contributed by atoms with Gasteiger partial charge in [0, 0.05) is 11.1 Å². The fraction of sp³-hybridized carbons (Fsp3) is 0.125. The maximum absolute atomic E-state index is 11.4. The molecule has 0 saturated carbocycles. The van der Waals surface area contributed by atoms with Crippen molar-refractivity contribution in [3.05, 3.63) is 53.1 Å². The lowest BCUT2D eigenvalue weighted by Crippen LogP contribution is -2.01. The SMILES string of the molecule is COc1ccc(C#N)cc1-c1cc(C)ccc1C(=O)O. The van der Waals surface area contributed by atoms with Crippen LogP contribution in [0.15, 0.2) is 36.4 Å². The Labute approximate surface area is 116 Å². The molecule has 0 radical (unpaired) electrons. The lowest BCUT2D eigenvalue weighted by atomic mass is 9.95. The maximum atomic E-state index is 11.4. The highest BCUT2D eigenvalue weighted by molar-refractivity contribution is 5.97. The molecule has 0 saturated heterocycles. The molecule has 0 aliphatic carbocycles. The Balaban J connectivity index is 2.76. The van der Waals surface area contributed by atoms with Gasteiger partial charge in [-0.05, 0) is 31.2 Å². The zero-order chi connectivity index (χ0) is 14.7. The molecule has 2 aromatic carbocycles. The van der Waals surface area contributed by atoms with Crippen molar-refractivity contribution < 1.29 is 14.6 Å². The Morgan fingerprint density at radius 3 is 2.55 bits per heavy atom. The molecule has 0 atom stereocenters. The van der Waals surface area contributed by atoms with E-state index in [9.17, 15) is 9.90 Å². The summed E-state index contributed by atoms with van der Waals surface area (Å²) in [7, 11) is 1.51. The van der Waals surface area contributed by atoms with E-state index in [0.717, 1.165) is 5.56 Å². The van der Waals surface area contributed by atoms with Gasteiger partial charge in [-0.3, -0.25) is 0 Å². The Hall–Kier alpha value is -2.80. The molecule has 0 aliphatic heterocycles. The number of benzene rings is 2. The smallest absolute Gasteiger partial charge is 0.336 e. The van der Waals surface area contributed by atoms with Crippen LogP contribution in [0.1, 0.15) is 21.5 Å². The Morgan fingerprint density at radius 2 is 1.95 bits per heavy atom. The van der Waals surface area contributed by atoms with Crippen LogP contribution in [0.25, 0.3) is 11.1 Å². The third-order valence-corrected chi connectivity index (χ3v) is 3.02. The molecule has 0 spiro atoms. The summed E-state index contributed by atoms with van der Waals surface area (Å²) < 4.78 is 5.27. The van der Waals surface area contributed by atoms with Crippen molar-refractivity contribution in [3.8, 4) is 22.9 Å². The highest BCUT2D eigenvalue weighted by Gasteiger charge is 2.15. The van der Waals surface area contributed by atoms with Gasteiger partial charge < -0.3 is 9.84 Å². The van der Waals surface area contributed by atoms with Gasteiger partial charge in [0.05, 0.1) is 24.3 Å². The van der Waals surface area contributed by atoms with E-state index < -0.39 is 5.97 Å². The van der Waals surface area contributed by atoms with E-state index in [4.69, 9.17) is 10.00 Å². The maximum Gasteiger partial charge on any atom is 0.336 e. The molecule has 0 bridgehead atoms. The number of methoxy groups -OCH3 is 1. The first-order valence-electron chi connectivity index (χ1n) is 5.99. The predicted octanol–water partition coefficient (Wildman–Crippen LogP) is 3.24. The first-order valence-corrected chi connectivity index (χ1v) is 5.99. The highest BCUT2D eigenvalue weighted by Crippen LogP contribution is 2.33. The van der Waals surface area contributed by atoms with E-state index in [1.54, 1.807) is 36.4 Å². The molecule has 20 heavy (non-hydrogen) atoms. The van der Waals surface area contributed by atoms with Gasteiger partial charge in [-0.1, -0.05) is 17.7 Å². The first kappa shape index (κ1) is 13.6. The summed E-state index contributed by atoms with van der Waals surface area (Å²) in [6.45, 7) is 1.88. The molecule has 100 valence electrons. The van der Waals surface area contributed by atoms with E-state index in [-0.39, 0.29) is 5.56 Å². The first-order chi connectivity index (χ1) is 9.56. The largest absolute Gasteiger partial charge is 0.496 e. The lowest BCUT2D eigenvalue weighted by molar-refractivity contribution is 0.0697. The van der Waals surface area contributed by atoms with Crippen LogP contribution in [0.2, 0.25) is 0 Å². The second kappa shape index (κ2) is 5.45. The summed E-state index contributed by atoms with van der Waals surface area (Å²) in [5.41, 5.74) is 2.73. The summed E-state index contributed by atoms with van der Waals surface area (Å²) in [5.74, 6) is -0.471. The van der Waals surface area contributed by atoms with Gasteiger partial charge in [-0.25, -0.2) is 4.79 Å². The molecular weight excluding hydrogens is 254 g/mol. The van der Waals surface area contributed by atoms with E-state index in [2.05, 4.69) is 0 Å². The zero-order valence-corrected chi connectivity index (χ0v) is 11.2. The molecule has 0 fully saturated rings. The second-order valence-corrected chi connectivity index (χ2v) is 4.38. The number of nitriles is 1. The van der Waals surface area contributed by atoms with Crippen LogP contribution in [0.4, 0.5) is 0 Å². The molecule has 0 aliphatic rings. The van der Waals surface area contributed by atoms with Gasteiger partial charge in [0.1, 0.15) is 5.75 Å². The van der Waals surface area contributed by atoms with Crippen LogP contribution in [0, 0.1) is 18.3 Å². The fourth-order valence-electron chi connectivity index (χ4n) is 2.06. The number of carbonyl (C=O) groups is 1. The zero-order valence-electron chi connectivity index (χ0n) is 11.2. The molecule has 4 nitrogen and oxygen atoms in total. The predicted molar refractivity (Wildman–Crippen MR) is 74.8 cm³/mol. The Morgan fingerprint density at radius 1 is 1.20 bits per heavy atom. The Bertz CT molecular complexity index is 714. The molecular formula is C16H13NO3. The minimum atomic E-state index is -1.01. The fourth-order valence-corrected chi connectivity index (χ4v) is 2.06. The summed E-state index contributed by atoms with van der Waals surface area (Å²) in [4.78, 5) is 11.4. The van der Waals surface area contributed by atoms with E-state index in [1.165, 1.54) is 7.11 Å². The highest BCUT2D eigenvalue weighted by atomic mass is 16.5. The average Bonchev–Trinajstić information content (AvgIpc) is 2.46. The number of carboxylic acids is 1. The molecule has 0 amide bonds. The summed E-state index contributed by atoms with van der Waals surface area (Å²) in [6.07, 6.45) is 0. The summed E-state index contributed by atoms with van der Waals surface area (Å²) >= 11 is 0. The number of rotatable bonds is 3. The third kappa shape index (κ3) is 2.47. The lowest BCUT2D eigenvalue weighted by Gasteiger charge is -2.12. The van der Waals surface area contributed by atoms with Gasteiger partial charge in [-0.15, -0.1) is 0 Å². The van der Waals surface area contributed by atoms with E-state index >= 15 is 0 Å². The summed E-state index contributed by atoms with van der Waals surface area (Å²) in [6, 6.07) is 12.1.